The third kappa shape index (κ3) is 5.63. The van der Waals surface area contributed by atoms with E-state index in [9.17, 15) is 18.4 Å². The highest BCUT2D eigenvalue weighted by atomic mass is 32.2. The lowest BCUT2D eigenvalue weighted by Crippen LogP contribution is -2.33. The number of nitrogens with one attached hydrogen (secondary N) is 1. The second-order valence-electron chi connectivity index (χ2n) is 9.00. The fourth-order valence-corrected chi connectivity index (χ4v) is 7.27. The highest BCUT2D eigenvalue weighted by Crippen LogP contribution is 2.37. The summed E-state index contributed by atoms with van der Waals surface area (Å²) in [6.45, 7) is 0.0293. The van der Waals surface area contributed by atoms with Crippen molar-refractivity contribution in [2.75, 3.05) is 7.11 Å². The Morgan fingerprint density at radius 2 is 1.89 bits per heavy atom. The molecule has 1 saturated carbocycles. The number of aromatic nitrogens is 3. The second-order valence-corrected chi connectivity index (χ2v) is 12.2. The van der Waals surface area contributed by atoms with Crippen LogP contribution >= 0.6 is 11.3 Å². The van der Waals surface area contributed by atoms with Crippen LogP contribution in [0.3, 0.4) is 0 Å². The van der Waals surface area contributed by atoms with Crippen LogP contribution in [0.2, 0.25) is 0 Å². The standard InChI is InChI=1S/C26H27N5O5S2/c1-36-22-11-7-18(8-12-22)15-23(26(32)28-33)30-16-20(27-29-30)17-31(21-9-10-21)38(34,35)25-14-13-24(37-25)19-5-3-2-4-6-19/h2-8,11-14,16,21,23,33H,9-10,15,17H2,1H3,(H,28,32)/t23-/m0/s1. The summed E-state index contributed by atoms with van der Waals surface area (Å²) >= 11 is 1.24. The Morgan fingerprint density at radius 1 is 1.16 bits per heavy atom. The Labute approximate surface area is 224 Å². The number of rotatable bonds is 11. The van der Waals surface area contributed by atoms with Crippen molar-refractivity contribution in [2.24, 2.45) is 0 Å². The molecule has 0 bridgehead atoms. The number of nitrogens with zero attached hydrogens (tertiary/aromatic N) is 4. The molecule has 0 spiro atoms. The number of ether oxygens (including phenoxy) is 1. The van der Waals surface area contributed by atoms with Gasteiger partial charge < -0.3 is 4.74 Å². The molecule has 1 fully saturated rings. The zero-order valence-corrected chi connectivity index (χ0v) is 22.2. The minimum atomic E-state index is -3.77. The maximum Gasteiger partial charge on any atom is 0.268 e. The van der Waals surface area contributed by atoms with Crippen molar-refractivity contribution in [2.45, 2.75) is 42.1 Å². The van der Waals surface area contributed by atoms with Gasteiger partial charge in [-0.05, 0) is 48.2 Å². The van der Waals surface area contributed by atoms with Gasteiger partial charge in [-0.2, -0.15) is 4.31 Å². The first-order valence-electron chi connectivity index (χ1n) is 12.0. The number of amides is 1. The molecule has 5 rings (SSSR count). The monoisotopic (exact) mass is 553 g/mol. The molecule has 0 aliphatic heterocycles. The van der Waals surface area contributed by atoms with Crippen LogP contribution in [0.15, 0.2) is 77.1 Å². The average Bonchev–Trinajstić information content (AvgIpc) is 3.45. The molecule has 12 heteroatoms. The minimum absolute atomic E-state index is 0.0293. The summed E-state index contributed by atoms with van der Waals surface area (Å²) < 4.78 is 35.5. The second kappa shape index (κ2) is 11.0. The number of carbonyl (C=O) groups is 1. The normalized spacial score (nSPS) is 14.4. The van der Waals surface area contributed by atoms with Gasteiger partial charge in [0, 0.05) is 17.3 Å². The van der Waals surface area contributed by atoms with Crippen LogP contribution in [0, 0.1) is 0 Å². The smallest absolute Gasteiger partial charge is 0.268 e. The highest BCUT2D eigenvalue weighted by Gasteiger charge is 2.39. The summed E-state index contributed by atoms with van der Waals surface area (Å²) in [5.74, 6) is 0.0268. The summed E-state index contributed by atoms with van der Waals surface area (Å²) in [7, 11) is -2.20. The van der Waals surface area contributed by atoms with Crippen LogP contribution in [-0.4, -0.2) is 52.0 Å². The van der Waals surface area contributed by atoms with E-state index in [1.54, 1.807) is 37.0 Å². The van der Waals surface area contributed by atoms with Crippen LogP contribution in [-0.2, 0) is 27.8 Å². The van der Waals surface area contributed by atoms with Crippen molar-refractivity contribution in [3.63, 3.8) is 0 Å². The number of hydrogen-bond donors (Lipinski definition) is 2. The van der Waals surface area contributed by atoms with E-state index in [0.29, 0.717) is 11.4 Å². The molecular formula is C26H27N5O5S2. The predicted octanol–water partition coefficient (Wildman–Crippen LogP) is 3.66. The first-order valence-corrected chi connectivity index (χ1v) is 14.3. The molecule has 0 radical (unpaired) electrons. The highest BCUT2D eigenvalue weighted by molar-refractivity contribution is 7.91. The van der Waals surface area contributed by atoms with Gasteiger partial charge in [0.15, 0.2) is 0 Å². The summed E-state index contributed by atoms with van der Waals surface area (Å²) in [5.41, 5.74) is 3.88. The molecule has 10 nitrogen and oxygen atoms in total. The van der Waals surface area contributed by atoms with Gasteiger partial charge in [-0.1, -0.05) is 47.7 Å². The third-order valence-electron chi connectivity index (χ3n) is 6.35. The number of carbonyl (C=O) groups excluding carboxylic acids is 1. The molecular weight excluding hydrogens is 526 g/mol. The van der Waals surface area contributed by atoms with E-state index in [2.05, 4.69) is 10.3 Å². The minimum Gasteiger partial charge on any atom is -0.497 e. The van der Waals surface area contributed by atoms with E-state index < -0.39 is 22.0 Å². The summed E-state index contributed by atoms with van der Waals surface area (Å²) in [5, 5.41) is 17.6. The maximum absolute atomic E-state index is 13.6. The van der Waals surface area contributed by atoms with Crippen molar-refractivity contribution in [1.82, 2.24) is 24.8 Å². The van der Waals surface area contributed by atoms with E-state index >= 15 is 0 Å². The number of thiophene rings is 1. The molecule has 2 aromatic carbocycles. The maximum atomic E-state index is 13.6. The molecule has 1 amide bonds. The molecule has 2 aromatic heterocycles. The molecule has 0 unspecified atom stereocenters. The van der Waals surface area contributed by atoms with Crippen LogP contribution in [0.4, 0.5) is 0 Å². The van der Waals surface area contributed by atoms with Gasteiger partial charge in [0.05, 0.1) is 25.5 Å². The average molecular weight is 554 g/mol. The van der Waals surface area contributed by atoms with E-state index in [4.69, 9.17) is 4.74 Å². The molecule has 1 aliphatic carbocycles. The Balaban J connectivity index is 1.36. The van der Waals surface area contributed by atoms with E-state index in [-0.39, 0.29) is 23.2 Å². The molecule has 2 heterocycles. The zero-order valence-electron chi connectivity index (χ0n) is 20.6. The largest absolute Gasteiger partial charge is 0.497 e. The van der Waals surface area contributed by atoms with Gasteiger partial charge in [0.25, 0.3) is 15.9 Å². The molecule has 38 heavy (non-hydrogen) atoms. The number of methoxy groups -OCH3 is 1. The van der Waals surface area contributed by atoms with E-state index in [0.717, 1.165) is 28.8 Å². The topological polar surface area (TPSA) is 127 Å². The predicted molar refractivity (Wildman–Crippen MR) is 141 cm³/mol. The molecule has 2 N–H and O–H groups in total. The fraction of sp³-hybridized carbons (Fsp3) is 0.269. The van der Waals surface area contributed by atoms with Crippen molar-refractivity contribution in [1.29, 1.82) is 0 Å². The SMILES string of the molecule is COc1ccc(C[C@@H](C(=O)NO)n2cc(CN(C3CC3)S(=O)(=O)c3ccc(-c4ccccc4)s3)nn2)cc1. The number of sulfonamides is 1. The van der Waals surface area contributed by atoms with Crippen molar-refractivity contribution >= 4 is 27.3 Å². The quantitative estimate of drug-likeness (QED) is 0.214. The van der Waals surface area contributed by atoms with Crippen LogP contribution < -0.4 is 10.2 Å². The lowest BCUT2D eigenvalue weighted by Gasteiger charge is -2.19. The molecule has 198 valence electrons. The summed E-state index contributed by atoms with van der Waals surface area (Å²) in [6, 6.07) is 19.3. The van der Waals surface area contributed by atoms with Gasteiger partial charge in [-0.15, -0.1) is 16.4 Å². The third-order valence-corrected chi connectivity index (χ3v) is 9.85. The van der Waals surface area contributed by atoms with Crippen LogP contribution in [0.5, 0.6) is 5.75 Å². The number of hydroxylamine groups is 1. The molecule has 1 aliphatic rings. The van der Waals surface area contributed by atoms with Gasteiger partial charge in [0.2, 0.25) is 0 Å². The van der Waals surface area contributed by atoms with Crippen molar-refractivity contribution in [3.05, 3.63) is 84.2 Å². The van der Waals surface area contributed by atoms with Gasteiger partial charge in [0.1, 0.15) is 16.0 Å². The summed E-state index contributed by atoms with van der Waals surface area (Å²) in [6.07, 6.45) is 3.34. The van der Waals surface area contributed by atoms with Gasteiger partial charge >= 0.3 is 0 Å². The Bertz CT molecular complexity index is 1500. The lowest BCUT2D eigenvalue weighted by atomic mass is 10.1. The zero-order chi connectivity index (χ0) is 26.7. The molecule has 1 atom stereocenters. The molecule has 4 aromatic rings. The van der Waals surface area contributed by atoms with Crippen LogP contribution in [0.25, 0.3) is 10.4 Å². The molecule has 0 saturated heterocycles. The van der Waals surface area contributed by atoms with Crippen molar-refractivity contribution in [3.8, 4) is 16.2 Å². The Morgan fingerprint density at radius 3 is 2.55 bits per heavy atom. The summed E-state index contributed by atoms with van der Waals surface area (Å²) in [4.78, 5) is 13.4. The Kier molecular flexibility index (Phi) is 7.56. The van der Waals surface area contributed by atoms with Crippen LogP contribution in [0.1, 0.15) is 30.1 Å². The number of hydrogen-bond acceptors (Lipinski definition) is 8. The van der Waals surface area contributed by atoms with Gasteiger partial charge in [-0.3, -0.25) is 10.0 Å². The first-order chi connectivity index (χ1) is 18.4. The lowest BCUT2D eigenvalue weighted by molar-refractivity contribution is -0.133. The fourth-order valence-electron chi connectivity index (χ4n) is 4.17. The van der Waals surface area contributed by atoms with E-state index in [1.807, 2.05) is 48.5 Å². The van der Waals surface area contributed by atoms with E-state index in [1.165, 1.54) is 20.3 Å². The van der Waals surface area contributed by atoms with Gasteiger partial charge in [-0.25, -0.2) is 18.6 Å². The first kappa shape index (κ1) is 26.0. The Hall–Kier alpha value is -3.58. The van der Waals surface area contributed by atoms with Crippen molar-refractivity contribution < 1.29 is 23.2 Å². The number of benzene rings is 2.